The van der Waals surface area contributed by atoms with Crippen molar-refractivity contribution in [2.24, 2.45) is 5.92 Å². The number of amides is 1. The monoisotopic (exact) mass is 365 g/mol. The minimum atomic E-state index is 0.280. The zero-order chi connectivity index (χ0) is 18.8. The zero-order valence-corrected chi connectivity index (χ0v) is 16.1. The van der Waals surface area contributed by atoms with Crippen LogP contribution < -0.4 is 5.32 Å². The third kappa shape index (κ3) is 4.10. The lowest BCUT2D eigenvalue weighted by Crippen LogP contribution is -2.39. The maximum atomic E-state index is 12.4. The Kier molecular flexibility index (Phi) is 5.05. The molecule has 0 aromatic carbocycles. The number of hydrogen-bond donors (Lipinski definition) is 1. The average Bonchev–Trinajstić information content (AvgIpc) is 3.53. The molecule has 0 spiro atoms. The van der Waals surface area contributed by atoms with E-state index in [2.05, 4.69) is 34.0 Å². The molecule has 2 fully saturated rings. The van der Waals surface area contributed by atoms with Gasteiger partial charge in [0, 0.05) is 55.1 Å². The van der Waals surface area contributed by atoms with Crippen molar-refractivity contribution in [1.29, 1.82) is 0 Å². The smallest absolute Gasteiger partial charge is 0.225 e. The zero-order valence-electron chi connectivity index (χ0n) is 16.1. The van der Waals surface area contributed by atoms with Crippen LogP contribution in [0.25, 0.3) is 11.1 Å². The molecule has 6 nitrogen and oxygen atoms in total. The van der Waals surface area contributed by atoms with Crippen LogP contribution in [0.3, 0.4) is 0 Å². The van der Waals surface area contributed by atoms with Gasteiger partial charge in [-0.05, 0) is 57.2 Å². The SMILES string of the molecule is CC(C)Nc1ncc(-c2ccncc2)c(C2CCN(C(=O)C3CC3)CC2)n1. The summed E-state index contributed by atoms with van der Waals surface area (Å²) >= 11 is 0. The molecule has 2 aromatic rings. The number of hydrogen-bond acceptors (Lipinski definition) is 5. The van der Waals surface area contributed by atoms with Gasteiger partial charge in [-0.15, -0.1) is 0 Å². The Morgan fingerprint density at radius 2 is 1.85 bits per heavy atom. The van der Waals surface area contributed by atoms with Gasteiger partial charge in [0.1, 0.15) is 0 Å². The van der Waals surface area contributed by atoms with Gasteiger partial charge in [0.05, 0.1) is 5.69 Å². The summed E-state index contributed by atoms with van der Waals surface area (Å²) in [5.74, 6) is 1.67. The molecule has 1 amide bonds. The first-order valence-electron chi connectivity index (χ1n) is 9.94. The Hall–Kier alpha value is -2.50. The second-order valence-corrected chi connectivity index (χ2v) is 7.90. The lowest BCUT2D eigenvalue weighted by Gasteiger charge is -2.32. The topological polar surface area (TPSA) is 71.0 Å². The maximum absolute atomic E-state index is 12.4. The normalized spacial score (nSPS) is 18.0. The predicted octanol–water partition coefficient (Wildman–Crippen LogP) is 3.47. The number of nitrogens with one attached hydrogen (secondary N) is 1. The first-order valence-corrected chi connectivity index (χ1v) is 9.94. The molecule has 1 aliphatic carbocycles. The Morgan fingerprint density at radius 3 is 2.48 bits per heavy atom. The number of carbonyl (C=O) groups is 1. The lowest BCUT2D eigenvalue weighted by molar-refractivity contribution is -0.133. The Bertz CT molecular complexity index is 795. The molecular formula is C21H27N5O. The summed E-state index contributed by atoms with van der Waals surface area (Å²) in [5, 5.41) is 3.31. The van der Waals surface area contributed by atoms with Crippen LogP contribution >= 0.6 is 0 Å². The van der Waals surface area contributed by atoms with E-state index >= 15 is 0 Å². The molecule has 3 heterocycles. The predicted molar refractivity (Wildman–Crippen MR) is 105 cm³/mol. The van der Waals surface area contributed by atoms with Crippen LogP contribution in [-0.2, 0) is 4.79 Å². The molecule has 27 heavy (non-hydrogen) atoms. The quantitative estimate of drug-likeness (QED) is 0.878. The fourth-order valence-electron chi connectivity index (χ4n) is 3.75. The molecular weight excluding hydrogens is 338 g/mol. The van der Waals surface area contributed by atoms with Gasteiger partial charge in [0.15, 0.2) is 0 Å². The van der Waals surface area contributed by atoms with Crippen molar-refractivity contribution in [3.63, 3.8) is 0 Å². The Morgan fingerprint density at radius 1 is 1.15 bits per heavy atom. The molecule has 6 heteroatoms. The second kappa shape index (κ2) is 7.62. The number of likely N-dealkylation sites (tertiary alicyclic amines) is 1. The number of carbonyl (C=O) groups excluding carboxylic acids is 1. The van der Waals surface area contributed by atoms with Crippen LogP contribution in [0.5, 0.6) is 0 Å². The van der Waals surface area contributed by atoms with Gasteiger partial charge in [-0.1, -0.05) is 0 Å². The van der Waals surface area contributed by atoms with E-state index in [1.807, 2.05) is 18.3 Å². The standard InChI is InChI=1S/C21H27N5O/c1-14(2)24-21-23-13-18(15-5-9-22-10-6-15)19(25-21)16-7-11-26(12-8-16)20(27)17-3-4-17/h5-6,9-10,13-14,16-17H,3-4,7-8,11-12H2,1-2H3,(H,23,24,25). The molecule has 2 aromatic heterocycles. The van der Waals surface area contributed by atoms with Gasteiger partial charge in [-0.2, -0.15) is 0 Å². The molecule has 2 aliphatic rings. The van der Waals surface area contributed by atoms with Gasteiger partial charge in [-0.25, -0.2) is 9.97 Å². The Balaban J connectivity index is 1.58. The van der Waals surface area contributed by atoms with Crippen molar-refractivity contribution < 1.29 is 4.79 Å². The average molecular weight is 365 g/mol. The summed E-state index contributed by atoms with van der Waals surface area (Å²) in [7, 11) is 0. The highest BCUT2D eigenvalue weighted by molar-refractivity contribution is 5.81. The molecule has 1 aliphatic heterocycles. The lowest BCUT2D eigenvalue weighted by atomic mass is 9.89. The summed E-state index contributed by atoms with van der Waals surface area (Å²) in [5.41, 5.74) is 3.24. The minimum absolute atomic E-state index is 0.280. The van der Waals surface area contributed by atoms with Crippen LogP contribution in [0.4, 0.5) is 5.95 Å². The number of rotatable bonds is 5. The fourth-order valence-corrected chi connectivity index (χ4v) is 3.75. The number of nitrogens with zero attached hydrogens (tertiary/aromatic N) is 4. The Labute approximate surface area is 160 Å². The second-order valence-electron chi connectivity index (χ2n) is 7.90. The first kappa shape index (κ1) is 17.9. The van der Waals surface area contributed by atoms with Crippen molar-refractivity contribution >= 4 is 11.9 Å². The van der Waals surface area contributed by atoms with E-state index < -0.39 is 0 Å². The van der Waals surface area contributed by atoms with E-state index in [-0.39, 0.29) is 6.04 Å². The molecule has 1 saturated carbocycles. The van der Waals surface area contributed by atoms with Crippen molar-refractivity contribution in [3.05, 3.63) is 36.4 Å². The summed E-state index contributed by atoms with van der Waals surface area (Å²) in [6.07, 6.45) is 9.57. The van der Waals surface area contributed by atoms with Gasteiger partial charge in [0.2, 0.25) is 11.9 Å². The molecule has 0 atom stereocenters. The van der Waals surface area contributed by atoms with Crippen molar-refractivity contribution in [2.75, 3.05) is 18.4 Å². The van der Waals surface area contributed by atoms with E-state index in [9.17, 15) is 4.79 Å². The van der Waals surface area contributed by atoms with Gasteiger partial charge >= 0.3 is 0 Å². The van der Waals surface area contributed by atoms with E-state index in [0.29, 0.717) is 23.7 Å². The highest BCUT2D eigenvalue weighted by Gasteiger charge is 2.35. The van der Waals surface area contributed by atoms with Crippen LogP contribution in [0.2, 0.25) is 0 Å². The van der Waals surface area contributed by atoms with Crippen LogP contribution in [-0.4, -0.2) is 44.9 Å². The van der Waals surface area contributed by atoms with Gasteiger partial charge in [0.25, 0.3) is 0 Å². The highest BCUT2D eigenvalue weighted by atomic mass is 16.2. The van der Waals surface area contributed by atoms with E-state index in [1.165, 1.54) is 0 Å². The van der Waals surface area contributed by atoms with Crippen LogP contribution in [0.15, 0.2) is 30.7 Å². The summed E-state index contributed by atoms with van der Waals surface area (Å²) in [6, 6.07) is 4.29. The molecule has 0 unspecified atom stereocenters. The van der Waals surface area contributed by atoms with Gasteiger partial charge in [-0.3, -0.25) is 9.78 Å². The third-order valence-corrected chi connectivity index (χ3v) is 5.35. The third-order valence-electron chi connectivity index (χ3n) is 5.35. The maximum Gasteiger partial charge on any atom is 0.225 e. The molecule has 142 valence electrons. The highest BCUT2D eigenvalue weighted by Crippen LogP contribution is 2.37. The first-order chi connectivity index (χ1) is 13.1. The number of piperidine rings is 1. The summed E-state index contributed by atoms with van der Waals surface area (Å²) < 4.78 is 0. The molecule has 0 radical (unpaired) electrons. The van der Waals surface area contributed by atoms with E-state index in [4.69, 9.17) is 4.98 Å². The van der Waals surface area contributed by atoms with Crippen LogP contribution in [0, 0.1) is 5.92 Å². The number of anilines is 1. The van der Waals surface area contributed by atoms with E-state index in [0.717, 1.165) is 55.6 Å². The molecule has 0 bridgehead atoms. The number of pyridine rings is 1. The van der Waals surface area contributed by atoms with Crippen molar-refractivity contribution in [2.45, 2.75) is 51.5 Å². The van der Waals surface area contributed by atoms with Crippen molar-refractivity contribution in [1.82, 2.24) is 19.9 Å². The van der Waals surface area contributed by atoms with Gasteiger partial charge < -0.3 is 10.2 Å². The molecule has 1 N–H and O–H groups in total. The largest absolute Gasteiger partial charge is 0.352 e. The summed E-state index contributed by atoms with van der Waals surface area (Å²) in [6.45, 7) is 5.82. The number of aromatic nitrogens is 3. The molecule has 4 rings (SSSR count). The van der Waals surface area contributed by atoms with Crippen LogP contribution in [0.1, 0.15) is 51.1 Å². The molecule has 1 saturated heterocycles. The summed E-state index contributed by atoms with van der Waals surface area (Å²) in [4.78, 5) is 27.9. The van der Waals surface area contributed by atoms with Crippen molar-refractivity contribution in [3.8, 4) is 11.1 Å². The fraction of sp³-hybridized carbons (Fsp3) is 0.524. The van der Waals surface area contributed by atoms with E-state index in [1.54, 1.807) is 12.4 Å². The minimum Gasteiger partial charge on any atom is -0.352 e.